The van der Waals surface area contributed by atoms with E-state index in [1.54, 1.807) is 12.1 Å². The van der Waals surface area contributed by atoms with Crippen LogP contribution in [0.25, 0.3) is 0 Å². The quantitative estimate of drug-likeness (QED) is 0.781. The van der Waals surface area contributed by atoms with Gasteiger partial charge in [0.05, 0.1) is 16.3 Å². The van der Waals surface area contributed by atoms with Gasteiger partial charge in [-0.1, -0.05) is 34.8 Å². The minimum atomic E-state index is -0.304. The van der Waals surface area contributed by atoms with Crippen LogP contribution in [-0.2, 0) is 0 Å². The molecule has 18 heavy (non-hydrogen) atoms. The number of furan rings is 1. The predicted molar refractivity (Wildman–Crippen MR) is 70.0 cm³/mol. The fraction of sp³-hybridized carbons (Fsp3) is 0.0833. The lowest BCUT2D eigenvalue weighted by Gasteiger charge is -2.08. The molecule has 0 aliphatic rings. The number of halogens is 3. The van der Waals surface area contributed by atoms with E-state index in [0.717, 1.165) is 0 Å². The molecule has 0 aliphatic heterocycles. The fourth-order valence-electron chi connectivity index (χ4n) is 1.31. The number of hydrogen-bond acceptors (Lipinski definition) is 3. The van der Waals surface area contributed by atoms with Crippen LogP contribution in [0.5, 0.6) is 5.75 Å². The number of carbonyl (C=O) groups is 1. The Morgan fingerprint density at radius 2 is 1.89 bits per heavy atom. The lowest BCUT2D eigenvalue weighted by molar-refractivity contribution is 0.0894. The van der Waals surface area contributed by atoms with E-state index < -0.39 is 0 Å². The van der Waals surface area contributed by atoms with Crippen molar-refractivity contribution < 1.29 is 13.9 Å². The summed E-state index contributed by atoms with van der Waals surface area (Å²) in [7, 11) is 0. The third-order valence-corrected chi connectivity index (χ3v) is 2.89. The highest BCUT2D eigenvalue weighted by Gasteiger charge is 2.13. The molecule has 0 atom stereocenters. The van der Waals surface area contributed by atoms with Crippen molar-refractivity contribution >= 4 is 40.6 Å². The Kier molecular flexibility index (Phi) is 4.17. The Bertz CT molecular complexity index is 541. The van der Waals surface area contributed by atoms with Crippen LogP contribution in [0.3, 0.4) is 0 Å². The van der Waals surface area contributed by atoms with Crippen molar-refractivity contribution in [3.8, 4) is 5.75 Å². The fourth-order valence-corrected chi connectivity index (χ4v) is 2.24. The van der Waals surface area contributed by atoms with Gasteiger partial charge in [-0.2, -0.15) is 0 Å². The van der Waals surface area contributed by atoms with Crippen LogP contribution in [-0.4, -0.2) is 12.4 Å². The number of benzene rings is 1. The molecule has 0 N–H and O–H groups in total. The highest BCUT2D eigenvalue weighted by molar-refractivity contribution is 6.40. The lowest BCUT2D eigenvalue weighted by Crippen LogP contribution is -2.11. The molecular formula is C12H7Cl3O3. The van der Waals surface area contributed by atoms with E-state index in [2.05, 4.69) is 0 Å². The summed E-state index contributed by atoms with van der Waals surface area (Å²) in [5, 5.41) is 0.897. The first-order valence-corrected chi connectivity index (χ1v) is 6.05. The van der Waals surface area contributed by atoms with Gasteiger partial charge < -0.3 is 9.15 Å². The highest BCUT2D eigenvalue weighted by atomic mass is 35.5. The zero-order chi connectivity index (χ0) is 13.1. The smallest absolute Gasteiger partial charge is 0.235 e. The van der Waals surface area contributed by atoms with E-state index in [1.165, 1.54) is 18.4 Å². The summed E-state index contributed by atoms with van der Waals surface area (Å²) in [6.45, 7) is -0.214. The lowest BCUT2D eigenvalue weighted by atomic mass is 10.3. The van der Waals surface area contributed by atoms with Crippen molar-refractivity contribution in [2.75, 3.05) is 6.61 Å². The number of ketones is 1. The Morgan fingerprint density at radius 3 is 2.44 bits per heavy atom. The molecule has 0 spiro atoms. The molecule has 94 valence electrons. The summed E-state index contributed by atoms with van der Waals surface area (Å²) in [6.07, 6.45) is 1.41. The molecule has 0 radical (unpaired) electrons. The molecule has 3 nitrogen and oxygen atoms in total. The summed E-state index contributed by atoms with van der Waals surface area (Å²) >= 11 is 17.6. The SMILES string of the molecule is O=C(COc1c(Cl)cc(Cl)cc1Cl)c1ccco1. The van der Waals surface area contributed by atoms with Crippen molar-refractivity contribution in [3.63, 3.8) is 0 Å². The number of hydrogen-bond donors (Lipinski definition) is 0. The normalized spacial score (nSPS) is 10.4. The maximum absolute atomic E-state index is 11.6. The molecule has 0 bridgehead atoms. The first-order chi connectivity index (χ1) is 8.58. The van der Waals surface area contributed by atoms with Crippen molar-refractivity contribution in [1.29, 1.82) is 0 Å². The average molecular weight is 306 g/mol. The number of carbonyl (C=O) groups excluding carboxylic acids is 1. The molecule has 0 unspecified atom stereocenters. The molecule has 0 fully saturated rings. The molecule has 0 saturated heterocycles. The summed E-state index contributed by atoms with van der Waals surface area (Å²) in [6, 6.07) is 6.15. The Labute approximate surface area is 118 Å². The molecule has 6 heteroatoms. The molecule has 0 saturated carbocycles. The van der Waals surface area contributed by atoms with Gasteiger partial charge in [0.15, 0.2) is 18.1 Å². The van der Waals surface area contributed by atoms with Crippen LogP contribution in [0, 0.1) is 0 Å². The zero-order valence-electron chi connectivity index (χ0n) is 8.95. The van der Waals surface area contributed by atoms with E-state index in [1.807, 2.05) is 0 Å². The van der Waals surface area contributed by atoms with Gasteiger partial charge in [-0.3, -0.25) is 4.79 Å². The Morgan fingerprint density at radius 1 is 1.22 bits per heavy atom. The van der Waals surface area contributed by atoms with Crippen molar-refractivity contribution in [2.45, 2.75) is 0 Å². The van der Waals surface area contributed by atoms with Gasteiger partial charge in [0.1, 0.15) is 0 Å². The summed E-state index contributed by atoms with van der Waals surface area (Å²) < 4.78 is 10.2. The molecule has 2 rings (SSSR count). The van der Waals surface area contributed by atoms with E-state index in [4.69, 9.17) is 44.0 Å². The second-order valence-corrected chi connectivity index (χ2v) is 4.64. The van der Waals surface area contributed by atoms with E-state index in [-0.39, 0.29) is 33.9 Å². The summed E-state index contributed by atoms with van der Waals surface area (Å²) in [5.74, 6) is 0.140. The Balaban J connectivity index is 2.09. The van der Waals surface area contributed by atoms with Crippen LogP contribution in [0.2, 0.25) is 15.1 Å². The maximum atomic E-state index is 11.6. The van der Waals surface area contributed by atoms with Crippen LogP contribution in [0.1, 0.15) is 10.6 Å². The van der Waals surface area contributed by atoms with Gasteiger partial charge in [-0.25, -0.2) is 0 Å². The van der Waals surface area contributed by atoms with Gasteiger partial charge in [-0.15, -0.1) is 0 Å². The van der Waals surface area contributed by atoms with Crippen molar-refractivity contribution in [3.05, 3.63) is 51.4 Å². The molecule has 1 heterocycles. The largest absolute Gasteiger partial charge is 0.482 e. The molecule has 1 aromatic heterocycles. The van der Waals surface area contributed by atoms with Gasteiger partial charge in [0, 0.05) is 5.02 Å². The minimum Gasteiger partial charge on any atom is -0.482 e. The third kappa shape index (κ3) is 2.99. The molecular weight excluding hydrogens is 298 g/mol. The molecule has 0 amide bonds. The standard InChI is InChI=1S/C12H7Cl3O3/c13-7-4-8(14)12(9(15)5-7)18-6-10(16)11-2-1-3-17-11/h1-5H,6H2. The number of ether oxygens (including phenoxy) is 1. The zero-order valence-corrected chi connectivity index (χ0v) is 11.2. The van der Waals surface area contributed by atoms with Crippen molar-refractivity contribution in [1.82, 2.24) is 0 Å². The summed E-state index contributed by atoms with van der Waals surface area (Å²) in [4.78, 5) is 11.6. The van der Waals surface area contributed by atoms with E-state index in [9.17, 15) is 4.79 Å². The van der Waals surface area contributed by atoms with Gasteiger partial charge in [-0.05, 0) is 24.3 Å². The highest BCUT2D eigenvalue weighted by Crippen LogP contribution is 2.35. The maximum Gasteiger partial charge on any atom is 0.235 e. The minimum absolute atomic E-state index is 0.214. The summed E-state index contributed by atoms with van der Waals surface area (Å²) in [5.41, 5.74) is 0. The van der Waals surface area contributed by atoms with Crippen LogP contribution >= 0.6 is 34.8 Å². The van der Waals surface area contributed by atoms with Crippen LogP contribution in [0.15, 0.2) is 34.9 Å². The molecule has 1 aromatic carbocycles. The predicted octanol–water partition coefficient (Wildman–Crippen LogP) is 4.50. The second kappa shape index (κ2) is 5.65. The monoisotopic (exact) mass is 304 g/mol. The number of Topliss-reactive ketones (excluding diaryl/α,β-unsaturated/α-hetero) is 1. The first-order valence-electron chi connectivity index (χ1n) is 4.92. The van der Waals surface area contributed by atoms with Gasteiger partial charge in [0.2, 0.25) is 5.78 Å². The second-order valence-electron chi connectivity index (χ2n) is 3.39. The first kappa shape index (κ1) is 13.3. The average Bonchev–Trinajstić information content (AvgIpc) is 2.80. The molecule has 0 aliphatic carbocycles. The van der Waals surface area contributed by atoms with E-state index in [0.29, 0.717) is 5.02 Å². The third-order valence-electron chi connectivity index (χ3n) is 2.11. The topological polar surface area (TPSA) is 39.4 Å². The van der Waals surface area contributed by atoms with Crippen LogP contribution < -0.4 is 4.74 Å². The van der Waals surface area contributed by atoms with Crippen LogP contribution in [0.4, 0.5) is 0 Å². The van der Waals surface area contributed by atoms with E-state index >= 15 is 0 Å². The van der Waals surface area contributed by atoms with Gasteiger partial charge in [0.25, 0.3) is 0 Å². The molecule has 2 aromatic rings. The van der Waals surface area contributed by atoms with Gasteiger partial charge >= 0.3 is 0 Å². The number of rotatable bonds is 4. The Hall–Kier alpha value is -1.16. The van der Waals surface area contributed by atoms with Crippen molar-refractivity contribution in [2.24, 2.45) is 0 Å².